The first-order valence-corrected chi connectivity index (χ1v) is 9.84. The number of aliphatic hydroxyl groups excluding tert-OH is 1. The van der Waals surface area contributed by atoms with E-state index < -0.39 is 6.10 Å². The molecule has 7 heteroatoms. The molecule has 1 fully saturated rings. The maximum Gasteiger partial charge on any atom is 0.262 e. The standard InChI is InChI=1S/C22H26N2O5/c1-28-15-4-2-14(3-5-15)8-9-22(10-11-22)23-12-18(26)16-6-7-17(25)20-21(16)29-13-19(27)24-20/h2-7,18,23,25-26H,8-13H2,1H3,(H,24,27). The molecule has 0 radical (unpaired) electrons. The maximum absolute atomic E-state index is 11.5. The fourth-order valence-corrected chi connectivity index (χ4v) is 3.71. The van der Waals surface area contributed by atoms with Gasteiger partial charge < -0.3 is 30.3 Å². The highest BCUT2D eigenvalue weighted by molar-refractivity contribution is 5.97. The van der Waals surface area contributed by atoms with E-state index in [1.165, 1.54) is 11.6 Å². The summed E-state index contributed by atoms with van der Waals surface area (Å²) in [5, 5.41) is 26.8. The number of aryl methyl sites for hydroxylation is 1. The van der Waals surface area contributed by atoms with Gasteiger partial charge in [-0.2, -0.15) is 0 Å². The lowest BCUT2D eigenvalue weighted by molar-refractivity contribution is -0.118. The van der Waals surface area contributed by atoms with Crippen molar-refractivity contribution >= 4 is 11.6 Å². The molecule has 1 aliphatic carbocycles. The van der Waals surface area contributed by atoms with Gasteiger partial charge in [0.1, 0.15) is 17.2 Å². The van der Waals surface area contributed by atoms with Crippen LogP contribution in [0.2, 0.25) is 0 Å². The number of carbonyl (C=O) groups excluding carboxylic acids is 1. The molecule has 4 N–H and O–H groups in total. The minimum atomic E-state index is -0.808. The summed E-state index contributed by atoms with van der Waals surface area (Å²) in [5.74, 6) is 0.789. The fourth-order valence-electron chi connectivity index (χ4n) is 3.71. The third-order valence-electron chi connectivity index (χ3n) is 5.71. The Balaban J connectivity index is 1.36. The number of β-amino-alcohol motifs (C(OH)–C–C–N with tert-alkyl or cyclic N) is 1. The zero-order valence-electron chi connectivity index (χ0n) is 16.4. The van der Waals surface area contributed by atoms with Crippen molar-refractivity contribution in [3.8, 4) is 17.2 Å². The van der Waals surface area contributed by atoms with E-state index in [-0.39, 0.29) is 29.5 Å². The van der Waals surface area contributed by atoms with Crippen LogP contribution in [-0.2, 0) is 11.2 Å². The number of aliphatic hydroxyl groups is 1. The van der Waals surface area contributed by atoms with E-state index >= 15 is 0 Å². The molecular weight excluding hydrogens is 372 g/mol. The summed E-state index contributed by atoms with van der Waals surface area (Å²) in [6, 6.07) is 11.2. The van der Waals surface area contributed by atoms with Crippen molar-refractivity contribution in [2.45, 2.75) is 37.3 Å². The number of fused-ring (bicyclic) bond motifs is 1. The fraction of sp³-hybridized carbons (Fsp3) is 0.409. The molecule has 1 amide bonds. The number of phenols is 1. The van der Waals surface area contributed by atoms with Crippen LogP contribution in [0.25, 0.3) is 0 Å². The maximum atomic E-state index is 11.5. The van der Waals surface area contributed by atoms with Crippen molar-refractivity contribution < 1.29 is 24.5 Å². The average molecular weight is 398 g/mol. The summed E-state index contributed by atoms with van der Waals surface area (Å²) in [5.41, 5.74) is 2.08. The summed E-state index contributed by atoms with van der Waals surface area (Å²) in [7, 11) is 1.66. The van der Waals surface area contributed by atoms with Crippen LogP contribution in [0.3, 0.4) is 0 Å². The van der Waals surface area contributed by atoms with Crippen molar-refractivity contribution in [3.05, 3.63) is 47.5 Å². The smallest absolute Gasteiger partial charge is 0.262 e. The van der Waals surface area contributed by atoms with Crippen molar-refractivity contribution in [1.29, 1.82) is 0 Å². The highest BCUT2D eigenvalue weighted by atomic mass is 16.5. The summed E-state index contributed by atoms with van der Waals surface area (Å²) in [6.07, 6.45) is 3.30. The number of benzene rings is 2. The van der Waals surface area contributed by atoms with Crippen LogP contribution in [0.1, 0.15) is 36.5 Å². The van der Waals surface area contributed by atoms with E-state index in [0.29, 0.717) is 17.9 Å². The second kappa shape index (κ2) is 7.93. The molecule has 1 heterocycles. The molecule has 2 aromatic rings. The van der Waals surface area contributed by atoms with E-state index in [1.807, 2.05) is 12.1 Å². The van der Waals surface area contributed by atoms with Crippen molar-refractivity contribution in [1.82, 2.24) is 5.32 Å². The van der Waals surface area contributed by atoms with E-state index in [0.717, 1.165) is 31.4 Å². The summed E-state index contributed by atoms with van der Waals surface area (Å²) >= 11 is 0. The number of rotatable bonds is 8. The summed E-state index contributed by atoms with van der Waals surface area (Å²) in [6.45, 7) is 0.243. The Morgan fingerprint density at radius 2 is 2.00 bits per heavy atom. The highest BCUT2D eigenvalue weighted by Gasteiger charge is 2.42. The lowest BCUT2D eigenvalue weighted by atomic mass is 10.0. The molecule has 1 saturated carbocycles. The van der Waals surface area contributed by atoms with Gasteiger partial charge in [0.25, 0.3) is 5.91 Å². The molecule has 2 aliphatic rings. The summed E-state index contributed by atoms with van der Waals surface area (Å²) < 4.78 is 10.7. The van der Waals surface area contributed by atoms with Gasteiger partial charge in [0.15, 0.2) is 12.4 Å². The predicted octanol–water partition coefficient (Wildman–Crippen LogP) is 2.52. The van der Waals surface area contributed by atoms with Crippen LogP contribution in [0.5, 0.6) is 17.2 Å². The van der Waals surface area contributed by atoms with Gasteiger partial charge in [-0.25, -0.2) is 0 Å². The molecule has 1 atom stereocenters. The van der Waals surface area contributed by atoms with Gasteiger partial charge in [-0.15, -0.1) is 0 Å². The first kappa shape index (κ1) is 19.5. The van der Waals surface area contributed by atoms with Gasteiger partial charge in [0, 0.05) is 17.6 Å². The Morgan fingerprint density at radius 1 is 1.24 bits per heavy atom. The third-order valence-corrected chi connectivity index (χ3v) is 5.71. The van der Waals surface area contributed by atoms with E-state index in [2.05, 4.69) is 22.8 Å². The molecular formula is C22H26N2O5. The minimum absolute atomic E-state index is 0.0486. The lowest BCUT2D eigenvalue weighted by Crippen LogP contribution is -2.35. The van der Waals surface area contributed by atoms with E-state index in [4.69, 9.17) is 9.47 Å². The number of methoxy groups -OCH3 is 1. The molecule has 4 rings (SSSR count). The number of phenolic OH excluding ortho intramolecular Hbond substituents is 1. The molecule has 7 nitrogen and oxygen atoms in total. The van der Waals surface area contributed by atoms with Gasteiger partial charge >= 0.3 is 0 Å². The van der Waals surface area contributed by atoms with Gasteiger partial charge in [-0.3, -0.25) is 4.79 Å². The monoisotopic (exact) mass is 398 g/mol. The second-order valence-electron chi connectivity index (χ2n) is 7.74. The average Bonchev–Trinajstić information content (AvgIpc) is 3.52. The number of anilines is 1. The molecule has 0 spiro atoms. The molecule has 1 unspecified atom stereocenters. The van der Waals surface area contributed by atoms with Crippen LogP contribution < -0.4 is 20.1 Å². The zero-order chi connectivity index (χ0) is 20.4. The number of nitrogens with one attached hydrogen (secondary N) is 2. The Labute approximate surface area is 169 Å². The Kier molecular flexibility index (Phi) is 5.34. The van der Waals surface area contributed by atoms with Crippen molar-refractivity contribution in [2.75, 3.05) is 25.6 Å². The number of hydrogen-bond acceptors (Lipinski definition) is 6. The SMILES string of the molecule is COc1ccc(CCC2(NCC(O)c3ccc(O)c4c3OCC(=O)N4)CC2)cc1. The molecule has 0 bridgehead atoms. The number of hydrogen-bond donors (Lipinski definition) is 4. The van der Waals surface area contributed by atoms with Gasteiger partial charge in [0.2, 0.25) is 0 Å². The summed E-state index contributed by atoms with van der Waals surface area (Å²) in [4.78, 5) is 11.5. The number of carbonyl (C=O) groups is 1. The molecule has 154 valence electrons. The highest BCUT2D eigenvalue weighted by Crippen LogP contribution is 2.43. The van der Waals surface area contributed by atoms with Crippen LogP contribution in [0.4, 0.5) is 5.69 Å². The van der Waals surface area contributed by atoms with Crippen molar-refractivity contribution in [3.63, 3.8) is 0 Å². The van der Waals surface area contributed by atoms with Crippen LogP contribution in [0.15, 0.2) is 36.4 Å². The number of aromatic hydroxyl groups is 1. The lowest BCUT2D eigenvalue weighted by Gasteiger charge is -2.25. The van der Waals surface area contributed by atoms with Crippen molar-refractivity contribution in [2.24, 2.45) is 0 Å². The van der Waals surface area contributed by atoms with Gasteiger partial charge in [-0.1, -0.05) is 12.1 Å². The molecule has 29 heavy (non-hydrogen) atoms. The number of ether oxygens (including phenoxy) is 2. The van der Waals surface area contributed by atoms with Crippen LogP contribution in [-0.4, -0.2) is 41.9 Å². The topological polar surface area (TPSA) is 100 Å². The molecule has 0 saturated heterocycles. The predicted molar refractivity (Wildman–Crippen MR) is 108 cm³/mol. The van der Waals surface area contributed by atoms with Crippen LogP contribution in [0, 0.1) is 0 Å². The number of amides is 1. The molecule has 1 aliphatic heterocycles. The minimum Gasteiger partial charge on any atom is -0.506 e. The first-order valence-electron chi connectivity index (χ1n) is 9.84. The van der Waals surface area contributed by atoms with Gasteiger partial charge in [-0.05, 0) is 55.5 Å². The normalized spacial score (nSPS) is 17.7. The van der Waals surface area contributed by atoms with Gasteiger partial charge in [0.05, 0.1) is 13.2 Å². The molecule has 0 aromatic heterocycles. The largest absolute Gasteiger partial charge is 0.506 e. The molecule has 2 aromatic carbocycles. The Morgan fingerprint density at radius 3 is 2.69 bits per heavy atom. The Hall–Kier alpha value is -2.77. The second-order valence-corrected chi connectivity index (χ2v) is 7.74. The Bertz CT molecular complexity index is 893. The van der Waals surface area contributed by atoms with E-state index in [1.54, 1.807) is 13.2 Å². The van der Waals surface area contributed by atoms with Crippen LogP contribution >= 0.6 is 0 Å². The zero-order valence-corrected chi connectivity index (χ0v) is 16.4. The third kappa shape index (κ3) is 4.31. The first-order chi connectivity index (χ1) is 14.0. The van der Waals surface area contributed by atoms with E-state index in [9.17, 15) is 15.0 Å². The quantitative estimate of drug-likeness (QED) is 0.510.